The Morgan fingerprint density at radius 3 is 3.07 bits per heavy atom. The van der Waals surface area contributed by atoms with Gasteiger partial charge in [0.05, 0.1) is 6.20 Å². The van der Waals surface area contributed by atoms with Crippen LogP contribution in [0.3, 0.4) is 0 Å². The summed E-state index contributed by atoms with van der Waals surface area (Å²) in [5, 5.41) is 4.03. The van der Waals surface area contributed by atoms with Crippen molar-refractivity contribution in [2.24, 2.45) is 7.05 Å². The fraction of sp³-hybridized carbons (Fsp3) is 0.222. The third-order valence-corrected chi connectivity index (χ3v) is 1.85. The maximum Gasteiger partial charge on any atom is 0.250 e. The van der Waals surface area contributed by atoms with Crippen molar-refractivity contribution in [1.82, 2.24) is 19.7 Å². The zero-order chi connectivity index (χ0) is 9.97. The molecular formula is C9H10N4O. The number of rotatable bonds is 2. The molecular weight excluding hydrogens is 180 g/mol. The molecule has 2 rings (SSSR count). The minimum Gasteiger partial charge on any atom is -0.310 e. The van der Waals surface area contributed by atoms with Crippen LogP contribution in [0.2, 0.25) is 0 Å². The fourth-order valence-corrected chi connectivity index (χ4v) is 1.26. The van der Waals surface area contributed by atoms with E-state index in [1.54, 1.807) is 10.9 Å². The zero-order valence-corrected chi connectivity index (χ0v) is 7.77. The van der Waals surface area contributed by atoms with Gasteiger partial charge in [0.1, 0.15) is 5.82 Å². The second-order valence-corrected chi connectivity index (χ2v) is 3.08. The molecule has 0 atom stereocenters. The lowest BCUT2D eigenvalue weighted by Crippen LogP contribution is -2.08. The van der Waals surface area contributed by atoms with E-state index in [2.05, 4.69) is 15.1 Å². The molecule has 0 radical (unpaired) electrons. The van der Waals surface area contributed by atoms with Gasteiger partial charge >= 0.3 is 0 Å². The van der Waals surface area contributed by atoms with Crippen molar-refractivity contribution in [3.05, 3.63) is 46.4 Å². The van der Waals surface area contributed by atoms with Gasteiger partial charge in [-0.25, -0.2) is 4.98 Å². The van der Waals surface area contributed by atoms with E-state index in [-0.39, 0.29) is 5.56 Å². The predicted octanol–water partition coefficient (Wildman–Crippen LogP) is 0.0942. The third kappa shape index (κ3) is 1.87. The molecule has 2 heterocycles. The second-order valence-electron chi connectivity index (χ2n) is 3.08. The minimum absolute atomic E-state index is 0.126. The maximum absolute atomic E-state index is 11.0. The fourth-order valence-electron chi connectivity index (χ4n) is 1.26. The molecule has 14 heavy (non-hydrogen) atoms. The molecule has 2 aromatic heterocycles. The van der Waals surface area contributed by atoms with Crippen molar-refractivity contribution < 1.29 is 0 Å². The second kappa shape index (κ2) is 3.45. The predicted molar refractivity (Wildman–Crippen MR) is 50.9 cm³/mol. The first-order chi connectivity index (χ1) is 6.74. The number of nitrogens with one attached hydrogen (secondary N) is 1. The largest absolute Gasteiger partial charge is 0.310 e. The monoisotopic (exact) mass is 190 g/mol. The Balaban J connectivity index is 2.23. The average Bonchev–Trinajstić information content (AvgIpc) is 2.51. The highest BCUT2D eigenvalue weighted by molar-refractivity contribution is 5.10. The van der Waals surface area contributed by atoms with Gasteiger partial charge in [0, 0.05) is 31.9 Å². The van der Waals surface area contributed by atoms with Crippen LogP contribution in [0.5, 0.6) is 0 Å². The first-order valence-corrected chi connectivity index (χ1v) is 4.26. The van der Waals surface area contributed by atoms with Crippen molar-refractivity contribution >= 4 is 0 Å². The number of aryl methyl sites for hydroxylation is 1. The van der Waals surface area contributed by atoms with E-state index in [0.29, 0.717) is 12.2 Å². The molecule has 0 aromatic carbocycles. The SMILES string of the molecule is Cn1cc(Cc2nccc(=O)[nH]2)cn1. The quantitative estimate of drug-likeness (QED) is 0.730. The van der Waals surface area contributed by atoms with Gasteiger partial charge in [-0.1, -0.05) is 0 Å². The molecule has 0 unspecified atom stereocenters. The molecule has 0 fully saturated rings. The van der Waals surface area contributed by atoms with E-state index in [4.69, 9.17) is 0 Å². The van der Waals surface area contributed by atoms with Crippen molar-refractivity contribution in [3.63, 3.8) is 0 Å². The molecule has 0 aliphatic rings. The topological polar surface area (TPSA) is 63.6 Å². The summed E-state index contributed by atoms with van der Waals surface area (Å²) in [7, 11) is 1.85. The smallest absolute Gasteiger partial charge is 0.250 e. The Labute approximate surface area is 80.4 Å². The Morgan fingerprint density at radius 1 is 1.57 bits per heavy atom. The molecule has 0 spiro atoms. The number of H-pyrrole nitrogens is 1. The minimum atomic E-state index is -0.126. The molecule has 0 aliphatic heterocycles. The summed E-state index contributed by atoms with van der Waals surface area (Å²) in [5.74, 6) is 0.658. The van der Waals surface area contributed by atoms with Gasteiger partial charge in [0.25, 0.3) is 5.56 Å². The highest BCUT2D eigenvalue weighted by Gasteiger charge is 1.99. The molecule has 0 amide bonds. The van der Waals surface area contributed by atoms with Crippen LogP contribution in [0.15, 0.2) is 29.5 Å². The molecule has 0 bridgehead atoms. The lowest BCUT2D eigenvalue weighted by Gasteiger charge is -1.95. The van der Waals surface area contributed by atoms with Crippen LogP contribution in [-0.2, 0) is 13.5 Å². The van der Waals surface area contributed by atoms with Crippen LogP contribution in [-0.4, -0.2) is 19.7 Å². The normalized spacial score (nSPS) is 10.4. The Morgan fingerprint density at radius 2 is 2.43 bits per heavy atom. The van der Waals surface area contributed by atoms with Gasteiger partial charge in [-0.2, -0.15) is 5.10 Å². The van der Waals surface area contributed by atoms with Crippen LogP contribution in [0, 0.1) is 0 Å². The Kier molecular flexibility index (Phi) is 2.14. The number of aromatic nitrogens is 4. The molecule has 0 saturated heterocycles. The first-order valence-electron chi connectivity index (χ1n) is 4.26. The Bertz CT molecular complexity index is 485. The Hall–Kier alpha value is -1.91. The highest BCUT2D eigenvalue weighted by Crippen LogP contribution is 2.01. The van der Waals surface area contributed by atoms with E-state index in [1.807, 2.05) is 13.2 Å². The molecule has 2 aromatic rings. The number of hydrogen-bond donors (Lipinski definition) is 1. The molecule has 5 heteroatoms. The summed E-state index contributed by atoms with van der Waals surface area (Å²) in [4.78, 5) is 17.7. The summed E-state index contributed by atoms with van der Waals surface area (Å²) in [6, 6.07) is 1.40. The highest BCUT2D eigenvalue weighted by atomic mass is 16.1. The third-order valence-electron chi connectivity index (χ3n) is 1.85. The molecule has 5 nitrogen and oxygen atoms in total. The standard InChI is InChI=1S/C9H10N4O/c1-13-6-7(5-11-13)4-8-10-3-2-9(14)12-8/h2-3,5-6H,4H2,1H3,(H,10,12,14). The molecule has 1 N–H and O–H groups in total. The van der Waals surface area contributed by atoms with E-state index >= 15 is 0 Å². The lowest BCUT2D eigenvalue weighted by molar-refractivity contribution is 0.767. The van der Waals surface area contributed by atoms with Crippen LogP contribution in [0.1, 0.15) is 11.4 Å². The zero-order valence-electron chi connectivity index (χ0n) is 7.77. The van der Waals surface area contributed by atoms with Crippen LogP contribution in [0.25, 0.3) is 0 Å². The molecule has 0 aliphatic carbocycles. The van der Waals surface area contributed by atoms with E-state index in [1.165, 1.54) is 12.3 Å². The summed E-state index contributed by atoms with van der Waals surface area (Å²) in [6.45, 7) is 0. The van der Waals surface area contributed by atoms with Crippen molar-refractivity contribution in [2.45, 2.75) is 6.42 Å². The molecule has 72 valence electrons. The van der Waals surface area contributed by atoms with Gasteiger partial charge < -0.3 is 4.98 Å². The summed E-state index contributed by atoms with van der Waals surface area (Å²) >= 11 is 0. The number of nitrogens with zero attached hydrogens (tertiary/aromatic N) is 3. The van der Waals surface area contributed by atoms with Crippen molar-refractivity contribution in [1.29, 1.82) is 0 Å². The van der Waals surface area contributed by atoms with E-state index in [0.717, 1.165) is 5.56 Å². The summed E-state index contributed by atoms with van der Waals surface area (Å²) in [6.07, 6.45) is 5.76. The molecule has 0 saturated carbocycles. The van der Waals surface area contributed by atoms with E-state index in [9.17, 15) is 4.79 Å². The van der Waals surface area contributed by atoms with Gasteiger partial charge in [-0.3, -0.25) is 9.48 Å². The van der Waals surface area contributed by atoms with Gasteiger partial charge in [0.2, 0.25) is 0 Å². The number of hydrogen-bond acceptors (Lipinski definition) is 3. The maximum atomic E-state index is 11.0. The van der Waals surface area contributed by atoms with Crippen LogP contribution >= 0.6 is 0 Å². The van der Waals surface area contributed by atoms with Crippen LogP contribution in [0.4, 0.5) is 0 Å². The lowest BCUT2D eigenvalue weighted by atomic mass is 10.2. The van der Waals surface area contributed by atoms with Gasteiger partial charge in [-0.05, 0) is 5.56 Å². The number of aromatic amines is 1. The van der Waals surface area contributed by atoms with Gasteiger partial charge in [0.15, 0.2) is 0 Å². The summed E-state index contributed by atoms with van der Waals surface area (Å²) in [5.41, 5.74) is 0.903. The average molecular weight is 190 g/mol. The summed E-state index contributed by atoms with van der Waals surface area (Å²) < 4.78 is 1.72. The van der Waals surface area contributed by atoms with Crippen LogP contribution < -0.4 is 5.56 Å². The van der Waals surface area contributed by atoms with Gasteiger partial charge in [-0.15, -0.1) is 0 Å². The van der Waals surface area contributed by atoms with E-state index < -0.39 is 0 Å². The van der Waals surface area contributed by atoms with Crippen molar-refractivity contribution in [2.75, 3.05) is 0 Å². The van der Waals surface area contributed by atoms with Crippen molar-refractivity contribution in [3.8, 4) is 0 Å². The first kappa shape index (κ1) is 8.68.